The molecule has 1 aromatic heterocycles. The van der Waals surface area contributed by atoms with Crippen molar-refractivity contribution in [2.45, 2.75) is 69.5 Å². The van der Waals surface area contributed by atoms with Gasteiger partial charge in [-0.25, -0.2) is 8.78 Å². The molecule has 2 aliphatic heterocycles. The van der Waals surface area contributed by atoms with Gasteiger partial charge in [0.2, 0.25) is 0 Å². The molecule has 3 aliphatic rings. The summed E-state index contributed by atoms with van der Waals surface area (Å²) in [6, 6.07) is 11.2. The van der Waals surface area contributed by atoms with Crippen LogP contribution in [0.1, 0.15) is 83.9 Å². The lowest BCUT2D eigenvalue weighted by molar-refractivity contribution is 0.0595. The Morgan fingerprint density at radius 1 is 1.13 bits per heavy atom. The molecule has 2 fully saturated rings. The number of hydrogen-bond acceptors (Lipinski definition) is 5. The van der Waals surface area contributed by atoms with Crippen molar-refractivity contribution in [2.24, 2.45) is 7.05 Å². The molecule has 0 unspecified atom stereocenters. The van der Waals surface area contributed by atoms with Crippen LogP contribution in [-0.4, -0.2) is 39.4 Å². The Balaban J connectivity index is 1.33. The van der Waals surface area contributed by atoms with Gasteiger partial charge in [0.05, 0.1) is 12.0 Å². The molecule has 9 heteroatoms. The Bertz CT molecular complexity index is 1360. The number of carbonyl (C=O) groups excluding carboxylic acids is 1. The summed E-state index contributed by atoms with van der Waals surface area (Å²) in [5.41, 5.74) is 2.82. The fourth-order valence-electron chi connectivity index (χ4n) is 6.25. The number of alkyl halides is 2. The number of fused-ring (bicyclic) bond motifs is 1. The van der Waals surface area contributed by atoms with Crippen LogP contribution in [0, 0.1) is 0 Å². The topological polar surface area (TPSA) is 72.3 Å². The third kappa shape index (κ3) is 4.22. The number of hydrogen-bond donors (Lipinski definition) is 1. The number of anilines is 1. The molecule has 6 rings (SSSR count). The van der Waals surface area contributed by atoms with Gasteiger partial charge < -0.3 is 19.5 Å². The fraction of sp³-hybridized carbons (Fsp3) is 0.483. The summed E-state index contributed by atoms with van der Waals surface area (Å²) in [4.78, 5) is 15.3. The molecule has 0 radical (unpaired) electrons. The average molecular weight is 522 g/mol. The van der Waals surface area contributed by atoms with Gasteiger partial charge in [-0.3, -0.25) is 4.79 Å². The fourth-order valence-corrected chi connectivity index (χ4v) is 6.25. The number of halogens is 2. The molecule has 1 N–H and O–H groups in total. The zero-order chi connectivity index (χ0) is 26.5. The molecule has 1 saturated heterocycles. The summed E-state index contributed by atoms with van der Waals surface area (Å²) in [5.74, 6) is 0.613. The number of nitrogens with zero attached hydrogens (tertiary/aromatic N) is 4. The highest BCUT2D eigenvalue weighted by molar-refractivity contribution is 6.10. The first kappa shape index (κ1) is 25.1. The maximum absolute atomic E-state index is 14.2. The number of ether oxygens (including phenoxy) is 1. The third-order valence-corrected chi connectivity index (χ3v) is 8.74. The summed E-state index contributed by atoms with van der Waals surface area (Å²) >= 11 is 0. The van der Waals surface area contributed by atoms with Crippen molar-refractivity contribution < 1.29 is 18.3 Å². The van der Waals surface area contributed by atoms with E-state index in [9.17, 15) is 13.6 Å². The average Bonchev–Trinajstić information content (AvgIpc) is 3.49. The largest absolute Gasteiger partial charge is 0.381 e. The van der Waals surface area contributed by atoms with Gasteiger partial charge in [0.15, 0.2) is 0 Å². The second-order valence-corrected chi connectivity index (χ2v) is 11.2. The predicted octanol–water partition coefficient (Wildman–Crippen LogP) is 5.04. The van der Waals surface area contributed by atoms with E-state index in [2.05, 4.69) is 22.4 Å². The van der Waals surface area contributed by atoms with E-state index in [4.69, 9.17) is 4.74 Å². The Morgan fingerprint density at radius 3 is 2.58 bits per heavy atom. The molecule has 7 nitrogen and oxygen atoms in total. The van der Waals surface area contributed by atoms with E-state index in [1.165, 1.54) is 6.42 Å². The van der Waals surface area contributed by atoms with E-state index in [1.54, 1.807) is 23.4 Å². The Labute approximate surface area is 221 Å². The molecular formula is C29H33F2N5O2. The van der Waals surface area contributed by atoms with E-state index >= 15 is 0 Å². The molecule has 1 aliphatic carbocycles. The van der Waals surface area contributed by atoms with Crippen LogP contribution in [0.5, 0.6) is 0 Å². The van der Waals surface area contributed by atoms with Crippen LogP contribution in [0.2, 0.25) is 0 Å². The van der Waals surface area contributed by atoms with Crippen LogP contribution in [0.4, 0.5) is 14.5 Å². The molecule has 1 amide bonds. The SMILES string of the molecule is Cn1cnnc1C1(c2cccc(N3Cc4c(cc(CNC5(C)CCC5)cc4C(F)F)C3=O)c2)CCOCC1. The maximum atomic E-state index is 14.2. The number of carbonyl (C=O) groups is 1. The highest BCUT2D eigenvalue weighted by Gasteiger charge is 2.41. The van der Waals surface area contributed by atoms with Crippen LogP contribution in [0.15, 0.2) is 42.7 Å². The second kappa shape index (κ2) is 9.54. The minimum Gasteiger partial charge on any atom is -0.381 e. The van der Waals surface area contributed by atoms with Crippen molar-refractivity contribution in [3.63, 3.8) is 0 Å². The van der Waals surface area contributed by atoms with E-state index in [-0.39, 0.29) is 23.6 Å². The quantitative estimate of drug-likeness (QED) is 0.472. The third-order valence-electron chi connectivity index (χ3n) is 8.74. The van der Waals surface area contributed by atoms with Crippen LogP contribution in [0.25, 0.3) is 0 Å². The Kier molecular flexibility index (Phi) is 6.31. The molecule has 1 saturated carbocycles. The number of amides is 1. The monoisotopic (exact) mass is 521 g/mol. The maximum Gasteiger partial charge on any atom is 0.264 e. The number of benzene rings is 2. The van der Waals surface area contributed by atoms with Gasteiger partial charge in [-0.15, -0.1) is 10.2 Å². The second-order valence-electron chi connectivity index (χ2n) is 11.2. The molecule has 38 heavy (non-hydrogen) atoms. The summed E-state index contributed by atoms with van der Waals surface area (Å²) in [5, 5.41) is 12.0. The highest BCUT2D eigenvalue weighted by Crippen LogP contribution is 2.42. The van der Waals surface area contributed by atoms with Crippen molar-refractivity contribution in [2.75, 3.05) is 18.1 Å². The molecule has 2 aromatic carbocycles. The van der Waals surface area contributed by atoms with E-state index in [0.29, 0.717) is 36.6 Å². The van der Waals surface area contributed by atoms with Gasteiger partial charge in [-0.05, 0) is 80.0 Å². The van der Waals surface area contributed by atoms with Gasteiger partial charge in [0.25, 0.3) is 12.3 Å². The van der Waals surface area contributed by atoms with Crippen LogP contribution < -0.4 is 10.2 Å². The van der Waals surface area contributed by atoms with E-state index in [0.717, 1.165) is 42.6 Å². The summed E-state index contributed by atoms with van der Waals surface area (Å²) in [6.45, 7) is 3.94. The number of aryl methyl sites for hydroxylation is 1. The summed E-state index contributed by atoms with van der Waals surface area (Å²) < 4.78 is 36.0. The Hall–Kier alpha value is -3.17. The van der Waals surface area contributed by atoms with E-state index < -0.39 is 11.8 Å². The number of rotatable bonds is 7. The lowest BCUT2D eigenvalue weighted by Gasteiger charge is -2.39. The Morgan fingerprint density at radius 2 is 1.92 bits per heavy atom. The molecular weight excluding hydrogens is 488 g/mol. The van der Waals surface area contributed by atoms with Crippen LogP contribution in [0.3, 0.4) is 0 Å². The minimum absolute atomic E-state index is 0.0450. The van der Waals surface area contributed by atoms with Crippen molar-refractivity contribution in [1.82, 2.24) is 20.1 Å². The minimum atomic E-state index is -2.65. The van der Waals surface area contributed by atoms with Crippen molar-refractivity contribution in [1.29, 1.82) is 0 Å². The lowest BCUT2D eigenvalue weighted by Crippen LogP contribution is -2.47. The molecule has 3 aromatic rings. The summed E-state index contributed by atoms with van der Waals surface area (Å²) in [7, 11) is 1.93. The van der Waals surface area contributed by atoms with Crippen LogP contribution in [-0.2, 0) is 30.3 Å². The zero-order valence-corrected chi connectivity index (χ0v) is 21.8. The normalized spacial score (nSPS) is 20.0. The molecule has 3 heterocycles. The van der Waals surface area contributed by atoms with E-state index in [1.807, 2.05) is 35.9 Å². The van der Waals surface area contributed by atoms with Crippen molar-refractivity contribution >= 4 is 11.6 Å². The number of nitrogens with one attached hydrogen (secondary N) is 1. The van der Waals surface area contributed by atoms with Gasteiger partial charge in [-0.2, -0.15) is 0 Å². The molecule has 0 bridgehead atoms. The first-order valence-electron chi connectivity index (χ1n) is 13.3. The predicted molar refractivity (Wildman–Crippen MR) is 139 cm³/mol. The number of aromatic nitrogens is 3. The van der Waals surface area contributed by atoms with Crippen LogP contribution >= 0.6 is 0 Å². The standard InChI is InChI=1S/C29H33F2N5O2/c1-28(7-4-8-28)32-16-19-13-22(25(30)31)24-17-36(26(37)23(24)14-19)21-6-3-5-20(15-21)29(9-11-38-12-10-29)27-34-33-18-35(27)2/h3,5-6,13-15,18,25,32H,4,7-12,16-17H2,1-2H3. The molecule has 200 valence electrons. The first-order valence-corrected chi connectivity index (χ1v) is 13.3. The van der Waals surface area contributed by atoms with Gasteiger partial charge in [-0.1, -0.05) is 12.1 Å². The summed E-state index contributed by atoms with van der Waals surface area (Å²) in [6.07, 6.45) is 3.84. The first-order chi connectivity index (χ1) is 18.3. The highest BCUT2D eigenvalue weighted by atomic mass is 19.3. The van der Waals surface area contributed by atoms with Crippen molar-refractivity contribution in [3.05, 3.63) is 76.4 Å². The zero-order valence-electron chi connectivity index (χ0n) is 21.8. The van der Waals surface area contributed by atoms with Crippen molar-refractivity contribution in [3.8, 4) is 0 Å². The molecule has 0 atom stereocenters. The van der Waals surface area contributed by atoms with Gasteiger partial charge in [0.1, 0.15) is 12.2 Å². The lowest BCUT2D eigenvalue weighted by atomic mass is 9.73. The van der Waals surface area contributed by atoms with Gasteiger partial charge >= 0.3 is 0 Å². The molecule has 0 spiro atoms. The van der Waals surface area contributed by atoms with Gasteiger partial charge in [0, 0.05) is 49.2 Å². The smallest absolute Gasteiger partial charge is 0.264 e.